The molecule has 2 N–H and O–H groups in total. The van der Waals surface area contributed by atoms with Gasteiger partial charge in [-0.25, -0.2) is 9.37 Å². The number of rotatable bonds is 5. The number of carbonyl (C=O) groups is 1. The number of aromatic nitrogens is 1. The summed E-state index contributed by atoms with van der Waals surface area (Å²) in [4.78, 5) is 16.8. The van der Waals surface area contributed by atoms with Crippen molar-refractivity contribution in [2.75, 3.05) is 17.7 Å². The molecule has 0 bridgehead atoms. The number of nitrogens with zero attached hydrogens (tertiary/aromatic N) is 1. The maximum absolute atomic E-state index is 13.4. The molecule has 156 valence electrons. The molecule has 0 unspecified atom stereocenters. The lowest BCUT2D eigenvalue weighted by molar-refractivity contribution is -0.137. The van der Waals surface area contributed by atoms with E-state index in [9.17, 15) is 22.4 Å². The number of hydrogen-bond acceptors (Lipinski definition) is 4. The average molecular weight is 419 g/mol. The van der Waals surface area contributed by atoms with Crippen molar-refractivity contribution in [2.45, 2.75) is 13.1 Å². The minimum absolute atomic E-state index is 0.0439. The number of amides is 1. The molecule has 0 spiro atoms. The molecular weight excluding hydrogens is 402 g/mol. The molecule has 2 aromatic carbocycles. The summed E-state index contributed by atoms with van der Waals surface area (Å²) >= 11 is 0. The third-order valence-corrected chi connectivity index (χ3v) is 4.26. The lowest BCUT2D eigenvalue weighted by Gasteiger charge is -2.17. The molecule has 0 aliphatic heterocycles. The Morgan fingerprint density at radius 1 is 1.03 bits per heavy atom. The first-order valence-corrected chi connectivity index (χ1v) is 8.74. The zero-order chi connectivity index (χ0) is 21.9. The molecule has 3 rings (SSSR count). The van der Waals surface area contributed by atoms with Crippen molar-refractivity contribution in [1.29, 1.82) is 0 Å². The topological polar surface area (TPSA) is 63.2 Å². The number of nitrogens with one attached hydrogen (secondary N) is 2. The van der Waals surface area contributed by atoms with Crippen LogP contribution in [0.25, 0.3) is 0 Å². The number of anilines is 3. The number of alkyl halides is 3. The molecule has 30 heavy (non-hydrogen) atoms. The number of ether oxygens (including phenoxy) is 1. The first-order chi connectivity index (χ1) is 14.2. The fraction of sp³-hybridized carbons (Fsp3) is 0.143. The molecular formula is C21H17F4N3O2. The third-order valence-electron chi connectivity index (χ3n) is 4.26. The van der Waals surface area contributed by atoms with Crippen molar-refractivity contribution in [1.82, 2.24) is 4.98 Å². The van der Waals surface area contributed by atoms with E-state index < -0.39 is 23.5 Å². The average Bonchev–Trinajstić information content (AvgIpc) is 2.69. The van der Waals surface area contributed by atoms with Gasteiger partial charge in [0.1, 0.15) is 11.5 Å². The summed E-state index contributed by atoms with van der Waals surface area (Å²) in [7, 11) is 1.38. The summed E-state index contributed by atoms with van der Waals surface area (Å²) in [6.07, 6.45) is -3.13. The number of carbonyl (C=O) groups excluding carboxylic acids is 1. The summed E-state index contributed by atoms with van der Waals surface area (Å²) < 4.78 is 58.1. The maximum Gasteiger partial charge on any atom is 0.416 e. The van der Waals surface area contributed by atoms with Gasteiger partial charge in [0.25, 0.3) is 5.91 Å². The summed E-state index contributed by atoms with van der Waals surface area (Å²) in [6, 6.07) is 9.63. The van der Waals surface area contributed by atoms with Gasteiger partial charge >= 0.3 is 6.18 Å². The van der Waals surface area contributed by atoms with Crippen molar-refractivity contribution in [2.24, 2.45) is 0 Å². The highest BCUT2D eigenvalue weighted by Gasteiger charge is 2.31. The summed E-state index contributed by atoms with van der Waals surface area (Å²) in [5.74, 6) is -0.998. The van der Waals surface area contributed by atoms with Gasteiger partial charge in [-0.3, -0.25) is 4.79 Å². The van der Waals surface area contributed by atoms with E-state index in [-0.39, 0.29) is 22.8 Å². The van der Waals surface area contributed by atoms with Gasteiger partial charge in [-0.05, 0) is 61.0 Å². The van der Waals surface area contributed by atoms with Gasteiger partial charge in [-0.15, -0.1) is 0 Å². The van der Waals surface area contributed by atoms with E-state index in [1.807, 2.05) is 0 Å². The van der Waals surface area contributed by atoms with Gasteiger partial charge in [-0.1, -0.05) is 0 Å². The third kappa shape index (κ3) is 4.68. The van der Waals surface area contributed by atoms with Crippen molar-refractivity contribution in [3.05, 3.63) is 77.2 Å². The van der Waals surface area contributed by atoms with E-state index in [0.717, 1.165) is 18.2 Å². The van der Waals surface area contributed by atoms with Crippen LogP contribution >= 0.6 is 0 Å². The van der Waals surface area contributed by atoms with E-state index >= 15 is 0 Å². The van der Waals surface area contributed by atoms with E-state index in [4.69, 9.17) is 4.74 Å². The molecule has 0 saturated carbocycles. The highest BCUT2D eigenvalue weighted by Crippen LogP contribution is 2.34. The van der Waals surface area contributed by atoms with Crippen molar-refractivity contribution in [3.8, 4) is 5.88 Å². The molecule has 0 aliphatic rings. The van der Waals surface area contributed by atoms with Crippen LogP contribution in [-0.2, 0) is 6.18 Å². The van der Waals surface area contributed by atoms with E-state index in [1.54, 1.807) is 19.1 Å². The lowest BCUT2D eigenvalue weighted by atomic mass is 10.1. The number of aryl methyl sites for hydroxylation is 1. The van der Waals surface area contributed by atoms with Crippen LogP contribution in [0.5, 0.6) is 5.88 Å². The van der Waals surface area contributed by atoms with Crippen LogP contribution in [0.4, 0.5) is 34.6 Å². The van der Waals surface area contributed by atoms with Gasteiger partial charge < -0.3 is 15.4 Å². The van der Waals surface area contributed by atoms with Crippen LogP contribution in [-0.4, -0.2) is 18.0 Å². The first-order valence-electron chi connectivity index (χ1n) is 8.74. The fourth-order valence-corrected chi connectivity index (χ4v) is 2.77. The quantitative estimate of drug-likeness (QED) is 0.532. The molecule has 0 radical (unpaired) electrons. The minimum Gasteiger partial charge on any atom is -0.480 e. The van der Waals surface area contributed by atoms with Crippen LogP contribution in [0.3, 0.4) is 0 Å². The van der Waals surface area contributed by atoms with Gasteiger partial charge in [-0.2, -0.15) is 13.2 Å². The van der Waals surface area contributed by atoms with Crippen molar-refractivity contribution < 1.29 is 27.1 Å². The number of benzene rings is 2. The van der Waals surface area contributed by atoms with Crippen molar-refractivity contribution in [3.63, 3.8) is 0 Å². The zero-order valence-electron chi connectivity index (χ0n) is 16.0. The predicted octanol–water partition coefficient (Wildman–Crippen LogP) is 5.55. The van der Waals surface area contributed by atoms with Gasteiger partial charge in [0.05, 0.1) is 23.9 Å². The molecule has 3 aromatic rings. The summed E-state index contributed by atoms with van der Waals surface area (Å²) in [5.41, 5.74) is 0.0306. The highest BCUT2D eigenvalue weighted by molar-refractivity contribution is 6.09. The van der Waals surface area contributed by atoms with Gasteiger partial charge in [0.2, 0.25) is 5.88 Å². The standard InChI is InChI=1S/C21H17F4N3O2/c1-12-10-14(22)6-8-16(12)27-18-11-13(21(23,24)25)5-7-15(18)19(29)28-17-4-3-9-26-20(17)30-2/h3-11,27H,1-2H3,(H,28,29). The van der Waals surface area contributed by atoms with Gasteiger partial charge in [0, 0.05) is 11.9 Å². The Morgan fingerprint density at radius 3 is 2.47 bits per heavy atom. The molecule has 0 atom stereocenters. The monoisotopic (exact) mass is 419 g/mol. The van der Waals surface area contributed by atoms with Crippen LogP contribution in [0.15, 0.2) is 54.7 Å². The number of halogens is 4. The largest absolute Gasteiger partial charge is 0.480 e. The Kier molecular flexibility index (Phi) is 5.91. The van der Waals surface area contributed by atoms with Gasteiger partial charge in [0.15, 0.2) is 0 Å². The zero-order valence-corrected chi connectivity index (χ0v) is 16.0. The Labute approximate surface area is 169 Å². The molecule has 1 aromatic heterocycles. The molecule has 0 saturated heterocycles. The Bertz CT molecular complexity index is 1080. The van der Waals surface area contributed by atoms with Crippen LogP contribution in [0.1, 0.15) is 21.5 Å². The Balaban J connectivity index is 2.01. The highest BCUT2D eigenvalue weighted by atomic mass is 19.4. The fourth-order valence-electron chi connectivity index (χ4n) is 2.77. The molecule has 1 heterocycles. The molecule has 5 nitrogen and oxygen atoms in total. The van der Waals surface area contributed by atoms with Crippen LogP contribution in [0.2, 0.25) is 0 Å². The Hall–Kier alpha value is -3.62. The molecule has 0 fully saturated rings. The molecule has 9 heteroatoms. The molecule has 1 amide bonds. The summed E-state index contributed by atoms with van der Waals surface area (Å²) in [6.45, 7) is 1.60. The number of hydrogen-bond donors (Lipinski definition) is 2. The van der Waals surface area contributed by atoms with E-state index in [0.29, 0.717) is 11.3 Å². The predicted molar refractivity (Wildman–Crippen MR) is 105 cm³/mol. The van der Waals surface area contributed by atoms with E-state index in [2.05, 4.69) is 15.6 Å². The smallest absolute Gasteiger partial charge is 0.416 e. The second-order valence-corrected chi connectivity index (χ2v) is 6.36. The van der Waals surface area contributed by atoms with Crippen LogP contribution < -0.4 is 15.4 Å². The first kappa shape index (κ1) is 21.1. The second kappa shape index (κ2) is 8.40. The second-order valence-electron chi connectivity index (χ2n) is 6.36. The normalized spacial score (nSPS) is 11.1. The lowest BCUT2D eigenvalue weighted by Crippen LogP contribution is -2.16. The molecule has 0 aliphatic carbocycles. The summed E-state index contributed by atoms with van der Waals surface area (Å²) in [5, 5.41) is 5.38. The van der Waals surface area contributed by atoms with Crippen molar-refractivity contribution >= 4 is 23.0 Å². The van der Waals surface area contributed by atoms with Crippen LogP contribution in [0, 0.1) is 12.7 Å². The number of methoxy groups -OCH3 is 1. The minimum atomic E-state index is -4.60. The van der Waals surface area contributed by atoms with E-state index in [1.165, 1.54) is 31.5 Å². The maximum atomic E-state index is 13.4. The number of pyridine rings is 1. The Morgan fingerprint density at radius 2 is 1.80 bits per heavy atom. The SMILES string of the molecule is COc1ncccc1NC(=O)c1ccc(C(F)(F)F)cc1Nc1ccc(F)cc1C.